The molecule has 0 saturated carbocycles. The highest BCUT2D eigenvalue weighted by Crippen LogP contribution is 2.37. The zero-order valence-electron chi connectivity index (χ0n) is 16.4. The second kappa shape index (κ2) is 6.65. The van der Waals surface area contributed by atoms with Gasteiger partial charge in [-0.25, -0.2) is 0 Å². The van der Waals surface area contributed by atoms with Crippen LogP contribution in [0.4, 0.5) is 0 Å². The SMILES string of the molecule is Cc1cc(-c2[nH]c3ccc(-c4nnc(C(C)C)o4)cc3c2C(C)C)ccn1. The summed E-state index contributed by atoms with van der Waals surface area (Å²) in [5.74, 6) is 1.82. The third-order valence-corrected chi connectivity index (χ3v) is 4.78. The van der Waals surface area contributed by atoms with Crippen molar-refractivity contribution in [2.45, 2.75) is 46.5 Å². The van der Waals surface area contributed by atoms with Crippen LogP contribution in [0.5, 0.6) is 0 Å². The number of aromatic nitrogens is 4. The molecule has 1 aromatic carbocycles. The number of fused-ring (bicyclic) bond motifs is 1. The van der Waals surface area contributed by atoms with Crippen molar-refractivity contribution in [3.8, 4) is 22.7 Å². The van der Waals surface area contributed by atoms with Crippen molar-refractivity contribution in [1.82, 2.24) is 20.2 Å². The molecule has 27 heavy (non-hydrogen) atoms. The Balaban J connectivity index is 1.89. The molecule has 4 aromatic rings. The van der Waals surface area contributed by atoms with Gasteiger partial charge in [-0.3, -0.25) is 4.98 Å². The first-order valence-electron chi connectivity index (χ1n) is 9.36. The normalized spacial score (nSPS) is 11.8. The van der Waals surface area contributed by atoms with Gasteiger partial charge in [-0.05, 0) is 48.7 Å². The molecule has 0 bridgehead atoms. The predicted molar refractivity (Wildman–Crippen MR) is 108 cm³/mol. The predicted octanol–water partition coefficient (Wildman–Crippen LogP) is 5.84. The Morgan fingerprint density at radius 1 is 0.926 bits per heavy atom. The van der Waals surface area contributed by atoms with Gasteiger partial charge in [0, 0.05) is 39.8 Å². The lowest BCUT2D eigenvalue weighted by atomic mass is 9.95. The summed E-state index contributed by atoms with van der Waals surface area (Å²) in [7, 11) is 0. The van der Waals surface area contributed by atoms with Gasteiger partial charge in [0.15, 0.2) is 0 Å². The minimum atomic E-state index is 0.218. The van der Waals surface area contributed by atoms with Crippen LogP contribution in [0, 0.1) is 6.92 Å². The Labute approximate surface area is 158 Å². The first-order chi connectivity index (χ1) is 12.9. The fourth-order valence-electron chi connectivity index (χ4n) is 3.46. The summed E-state index contributed by atoms with van der Waals surface area (Å²) >= 11 is 0. The molecule has 0 spiro atoms. The summed E-state index contributed by atoms with van der Waals surface area (Å²) < 4.78 is 5.85. The molecule has 0 unspecified atom stereocenters. The van der Waals surface area contributed by atoms with E-state index in [1.807, 2.05) is 33.0 Å². The van der Waals surface area contributed by atoms with Crippen molar-refractivity contribution in [3.05, 3.63) is 53.7 Å². The highest BCUT2D eigenvalue weighted by atomic mass is 16.4. The van der Waals surface area contributed by atoms with Gasteiger partial charge in [-0.2, -0.15) is 0 Å². The monoisotopic (exact) mass is 360 g/mol. The second-order valence-corrected chi connectivity index (χ2v) is 7.61. The van der Waals surface area contributed by atoms with Crippen molar-refractivity contribution in [1.29, 1.82) is 0 Å². The van der Waals surface area contributed by atoms with Gasteiger partial charge in [0.25, 0.3) is 0 Å². The van der Waals surface area contributed by atoms with E-state index in [4.69, 9.17) is 4.42 Å². The molecule has 0 aliphatic heterocycles. The Morgan fingerprint density at radius 3 is 2.41 bits per heavy atom. The Hall–Kier alpha value is -2.95. The standard InChI is InChI=1S/C22H24N4O/c1-12(2)19-17-11-16(22-26-25-21(27-22)13(3)4)6-7-18(17)24-20(19)15-8-9-23-14(5)10-15/h6-13,24H,1-5H3. The van der Waals surface area contributed by atoms with Gasteiger partial charge in [-0.15, -0.1) is 10.2 Å². The number of aromatic amines is 1. The number of nitrogens with zero attached hydrogens (tertiary/aromatic N) is 3. The molecular weight excluding hydrogens is 336 g/mol. The van der Waals surface area contributed by atoms with Crippen molar-refractivity contribution >= 4 is 10.9 Å². The van der Waals surface area contributed by atoms with Crippen molar-refractivity contribution in [3.63, 3.8) is 0 Å². The van der Waals surface area contributed by atoms with E-state index in [0.717, 1.165) is 28.0 Å². The minimum absolute atomic E-state index is 0.218. The second-order valence-electron chi connectivity index (χ2n) is 7.61. The average molecular weight is 360 g/mol. The molecule has 5 heteroatoms. The minimum Gasteiger partial charge on any atom is -0.420 e. The van der Waals surface area contributed by atoms with E-state index < -0.39 is 0 Å². The van der Waals surface area contributed by atoms with Crippen LogP contribution in [-0.2, 0) is 0 Å². The average Bonchev–Trinajstić information content (AvgIpc) is 3.26. The van der Waals surface area contributed by atoms with Gasteiger partial charge in [0.05, 0.1) is 5.69 Å². The van der Waals surface area contributed by atoms with Crippen molar-refractivity contribution < 1.29 is 4.42 Å². The maximum absolute atomic E-state index is 5.85. The molecule has 4 rings (SSSR count). The molecule has 0 saturated heterocycles. The van der Waals surface area contributed by atoms with Gasteiger partial charge in [-0.1, -0.05) is 27.7 Å². The van der Waals surface area contributed by atoms with E-state index in [1.165, 1.54) is 10.9 Å². The van der Waals surface area contributed by atoms with Crippen LogP contribution in [0.15, 0.2) is 40.9 Å². The van der Waals surface area contributed by atoms with Gasteiger partial charge >= 0.3 is 0 Å². The number of hydrogen-bond donors (Lipinski definition) is 1. The fourth-order valence-corrected chi connectivity index (χ4v) is 3.46. The van der Waals surface area contributed by atoms with E-state index in [2.05, 4.69) is 58.3 Å². The number of rotatable bonds is 4. The topological polar surface area (TPSA) is 67.6 Å². The molecule has 0 aliphatic rings. The molecule has 3 heterocycles. The van der Waals surface area contributed by atoms with E-state index in [1.54, 1.807) is 0 Å². The lowest BCUT2D eigenvalue weighted by Gasteiger charge is -2.09. The molecule has 138 valence electrons. The number of pyridine rings is 1. The maximum atomic E-state index is 5.85. The first-order valence-corrected chi connectivity index (χ1v) is 9.36. The van der Waals surface area contributed by atoms with Crippen LogP contribution in [0.25, 0.3) is 33.6 Å². The van der Waals surface area contributed by atoms with E-state index in [0.29, 0.717) is 17.7 Å². The molecule has 0 amide bonds. The fraction of sp³-hybridized carbons (Fsp3) is 0.318. The summed E-state index contributed by atoms with van der Waals surface area (Å²) in [4.78, 5) is 7.92. The summed E-state index contributed by atoms with van der Waals surface area (Å²) in [5.41, 5.74) is 6.66. The molecule has 3 aromatic heterocycles. The van der Waals surface area contributed by atoms with Gasteiger partial charge in [0.2, 0.25) is 11.8 Å². The van der Waals surface area contributed by atoms with Crippen LogP contribution in [0.2, 0.25) is 0 Å². The number of aryl methyl sites for hydroxylation is 1. The van der Waals surface area contributed by atoms with Crippen LogP contribution in [0.1, 0.15) is 56.7 Å². The van der Waals surface area contributed by atoms with Crippen molar-refractivity contribution in [2.24, 2.45) is 0 Å². The first kappa shape index (κ1) is 17.5. The molecule has 0 fully saturated rings. The van der Waals surface area contributed by atoms with E-state index in [9.17, 15) is 0 Å². The molecule has 0 aliphatic carbocycles. The Kier molecular flexibility index (Phi) is 4.30. The van der Waals surface area contributed by atoms with Gasteiger partial charge < -0.3 is 9.40 Å². The third kappa shape index (κ3) is 3.14. The molecule has 0 radical (unpaired) electrons. The molecule has 1 N–H and O–H groups in total. The smallest absolute Gasteiger partial charge is 0.247 e. The van der Waals surface area contributed by atoms with E-state index >= 15 is 0 Å². The molecular formula is C22H24N4O. The Morgan fingerprint density at radius 2 is 1.74 bits per heavy atom. The maximum Gasteiger partial charge on any atom is 0.247 e. The number of benzene rings is 1. The van der Waals surface area contributed by atoms with E-state index in [-0.39, 0.29) is 5.92 Å². The number of nitrogens with one attached hydrogen (secondary N) is 1. The lowest BCUT2D eigenvalue weighted by Crippen LogP contribution is -1.91. The number of H-pyrrole nitrogens is 1. The van der Waals surface area contributed by atoms with Crippen LogP contribution < -0.4 is 0 Å². The molecule has 5 nitrogen and oxygen atoms in total. The summed E-state index contributed by atoms with van der Waals surface area (Å²) in [5, 5.41) is 9.58. The van der Waals surface area contributed by atoms with Crippen LogP contribution in [-0.4, -0.2) is 20.2 Å². The largest absolute Gasteiger partial charge is 0.420 e. The zero-order valence-corrected chi connectivity index (χ0v) is 16.4. The van der Waals surface area contributed by atoms with Gasteiger partial charge in [0.1, 0.15) is 0 Å². The lowest BCUT2D eigenvalue weighted by molar-refractivity contribution is 0.481. The quantitative estimate of drug-likeness (QED) is 0.497. The van der Waals surface area contributed by atoms with Crippen LogP contribution >= 0.6 is 0 Å². The number of hydrogen-bond acceptors (Lipinski definition) is 4. The van der Waals surface area contributed by atoms with Crippen LogP contribution in [0.3, 0.4) is 0 Å². The highest BCUT2D eigenvalue weighted by molar-refractivity contribution is 5.93. The highest BCUT2D eigenvalue weighted by Gasteiger charge is 2.18. The summed E-state index contributed by atoms with van der Waals surface area (Å²) in [6.07, 6.45) is 1.86. The zero-order chi connectivity index (χ0) is 19.1. The Bertz CT molecular complexity index is 1100. The molecule has 0 atom stereocenters. The van der Waals surface area contributed by atoms with Crippen molar-refractivity contribution in [2.75, 3.05) is 0 Å². The summed E-state index contributed by atoms with van der Waals surface area (Å²) in [6.45, 7) is 10.5. The third-order valence-electron chi connectivity index (χ3n) is 4.78. The summed E-state index contributed by atoms with van der Waals surface area (Å²) in [6, 6.07) is 10.4.